The lowest BCUT2D eigenvalue weighted by molar-refractivity contribution is -0.117. The summed E-state index contributed by atoms with van der Waals surface area (Å²) in [6, 6.07) is 13.9. The van der Waals surface area contributed by atoms with E-state index in [1.54, 1.807) is 24.3 Å². The minimum Gasteiger partial charge on any atom is -0.496 e. The maximum absolute atomic E-state index is 13.4. The van der Waals surface area contributed by atoms with E-state index in [9.17, 15) is 14.0 Å². The Morgan fingerprint density at radius 3 is 2.63 bits per heavy atom. The van der Waals surface area contributed by atoms with Gasteiger partial charge in [0.25, 0.3) is 5.56 Å². The van der Waals surface area contributed by atoms with Gasteiger partial charge in [-0.25, -0.2) is 9.07 Å². The molecule has 1 N–H and O–H groups in total. The summed E-state index contributed by atoms with van der Waals surface area (Å²) in [5.41, 5.74) is 1.09. The number of rotatable bonds is 5. The molecule has 0 bridgehead atoms. The van der Waals surface area contributed by atoms with Crippen molar-refractivity contribution in [3.8, 4) is 17.0 Å². The minimum absolute atomic E-state index is 0.258. The van der Waals surface area contributed by atoms with Crippen molar-refractivity contribution in [2.75, 3.05) is 12.4 Å². The van der Waals surface area contributed by atoms with Crippen LogP contribution in [0.25, 0.3) is 11.3 Å². The Bertz CT molecular complexity index is 1040. The van der Waals surface area contributed by atoms with Gasteiger partial charge in [0.05, 0.1) is 12.8 Å². The van der Waals surface area contributed by atoms with E-state index in [4.69, 9.17) is 4.74 Å². The van der Waals surface area contributed by atoms with Gasteiger partial charge in [0.15, 0.2) is 0 Å². The molecule has 0 unspecified atom stereocenters. The second-order valence-corrected chi connectivity index (χ2v) is 6.53. The van der Waals surface area contributed by atoms with Gasteiger partial charge < -0.3 is 10.1 Å². The predicted octanol–water partition coefficient (Wildman–Crippen LogP) is 3.46. The number of aromatic nitrogens is 2. The summed E-state index contributed by atoms with van der Waals surface area (Å²) in [6.45, 7) is -0.258. The van der Waals surface area contributed by atoms with Crippen LogP contribution >= 0.6 is 15.9 Å². The van der Waals surface area contributed by atoms with Crippen molar-refractivity contribution in [1.29, 1.82) is 0 Å². The Hall–Kier alpha value is -3.00. The zero-order valence-corrected chi connectivity index (χ0v) is 15.9. The molecule has 27 heavy (non-hydrogen) atoms. The van der Waals surface area contributed by atoms with Gasteiger partial charge in [-0.2, -0.15) is 5.10 Å². The zero-order chi connectivity index (χ0) is 19.4. The summed E-state index contributed by atoms with van der Waals surface area (Å²) in [4.78, 5) is 24.3. The van der Waals surface area contributed by atoms with Gasteiger partial charge in [-0.3, -0.25) is 9.59 Å². The largest absolute Gasteiger partial charge is 0.496 e. The Balaban J connectivity index is 1.84. The number of hydrogen-bond donors (Lipinski definition) is 1. The van der Waals surface area contributed by atoms with E-state index in [-0.39, 0.29) is 12.3 Å². The number of ether oxygens (including phenoxy) is 1. The van der Waals surface area contributed by atoms with Gasteiger partial charge in [-0.1, -0.05) is 15.9 Å². The topological polar surface area (TPSA) is 73.2 Å². The Kier molecular flexibility index (Phi) is 5.66. The van der Waals surface area contributed by atoms with Crippen molar-refractivity contribution in [2.24, 2.45) is 0 Å². The molecule has 0 spiro atoms. The van der Waals surface area contributed by atoms with Crippen LogP contribution in [0.3, 0.4) is 0 Å². The lowest BCUT2D eigenvalue weighted by Crippen LogP contribution is -2.29. The number of methoxy groups -OCH3 is 1. The Morgan fingerprint density at radius 2 is 1.93 bits per heavy atom. The number of nitrogens with one attached hydrogen (secondary N) is 1. The maximum atomic E-state index is 13.4. The number of benzene rings is 2. The normalized spacial score (nSPS) is 10.5. The SMILES string of the molecule is COc1cc(F)ccc1-c1ccc(=O)n(CC(=O)Nc2ccc(Br)cc2)n1. The summed E-state index contributed by atoms with van der Waals surface area (Å²) in [5, 5.41) is 6.91. The summed E-state index contributed by atoms with van der Waals surface area (Å²) >= 11 is 3.32. The molecule has 0 radical (unpaired) electrons. The van der Waals surface area contributed by atoms with Crippen LogP contribution in [0.2, 0.25) is 0 Å². The Labute approximate surface area is 162 Å². The first-order chi connectivity index (χ1) is 13.0. The van der Waals surface area contributed by atoms with Gasteiger partial charge >= 0.3 is 0 Å². The van der Waals surface area contributed by atoms with Crippen LogP contribution in [0.1, 0.15) is 0 Å². The highest BCUT2D eigenvalue weighted by atomic mass is 79.9. The third-order valence-corrected chi connectivity index (χ3v) is 4.26. The second kappa shape index (κ2) is 8.13. The second-order valence-electron chi connectivity index (χ2n) is 5.61. The van der Waals surface area contributed by atoms with Crippen molar-refractivity contribution in [3.05, 3.63) is 75.2 Å². The fourth-order valence-electron chi connectivity index (χ4n) is 2.45. The molecule has 0 aliphatic rings. The lowest BCUT2D eigenvalue weighted by Gasteiger charge is -2.11. The molecule has 8 heteroatoms. The van der Waals surface area contributed by atoms with Gasteiger partial charge in [0, 0.05) is 27.9 Å². The number of hydrogen-bond acceptors (Lipinski definition) is 4. The number of anilines is 1. The fraction of sp³-hybridized carbons (Fsp3) is 0.105. The highest BCUT2D eigenvalue weighted by molar-refractivity contribution is 9.10. The van der Waals surface area contributed by atoms with E-state index in [0.29, 0.717) is 16.9 Å². The molecule has 0 aliphatic heterocycles. The lowest BCUT2D eigenvalue weighted by atomic mass is 10.1. The van der Waals surface area contributed by atoms with Crippen molar-refractivity contribution < 1.29 is 13.9 Å². The van der Waals surface area contributed by atoms with Crippen molar-refractivity contribution >= 4 is 27.5 Å². The molecule has 2 aromatic carbocycles. The van der Waals surface area contributed by atoms with Crippen LogP contribution in [-0.2, 0) is 11.3 Å². The van der Waals surface area contributed by atoms with Gasteiger partial charge in [0.1, 0.15) is 18.1 Å². The van der Waals surface area contributed by atoms with E-state index in [2.05, 4.69) is 26.3 Å². The van der Waals surface area contributed by atoms with Crippen LogP contribution in [0.4, 0.5) is 10.1 Å². The van der Waals surface area contributed by atoms with Crippen molar-refractivity contribution in [3.63, 3.8) is 0 Å². The third-order valence-electron chi connectivity index (χ3n) is 3.73. The molecule has 0 atom stereocenters. The van der Waals surface area contributed by atoms with Crippen LogP contribution in [0.15, 0.2) is 63.9 Å². The van der Waals surface area contributed by atoms with Gasteiger partial charge in [0.2, 0.25) is 5.91 Å². The van der Waals surface area contributed by atoms with Crippen LogP contribution in [0, 0.1) is 5.82 Å². The number of amides is 1. The highest BCUT2D eigenvalue weighted by Crippen LogP contribution is 2.28. The van der Waals surface area contributed by atoms with Crippen LogP contribution in [0.5, 0.6) is 5.75 Å². The van der Waals surface area contributed by atoms with Crippen LogP contribution in [-0.4, -0.2) is 22.8 Å². The number of carbonyl (C=O) groups excluding carboxylic acids is 1. The number of halogens is 2. The first kappa shape index (κ1) is 18.8. The summed E-state index contributed by atoms with van der Waals surface area (Å²) < 4.78 is 20.5. The molecule has 0 fully saturated rings. The van der Waals surface area contributed by atoms with E-state index >= 15 is 0 Å². The predicted molar refractivity (Wildman–Crippen MR) is 103 cm³/mol. The van der Waals surface area contributed by atoms with Crippen molar-refractivity contribution in [1.82, 2.24) is 9.78 Å². The average Bonchev–Trinajstić information content (AvgIpc) is 2.65. The quantitative estimate of drug-likeness (QED) is 0.671. The molecule has 0 aliphatic carbocycles. The zero-order valence-electron chi connectivity index (χ0n) is 14.3. The maximum Gasteiger partial charge on any atom is 0.267 e. The number of nitrogens with zero attached hydrogens (tertiary/aromatic N) is 2. The van der Waals surface area contributed by atoms with E-state index in [0.717, 1.165) is 9.15 Å². The van der Waals surface area contributed by atoms with Crippen LogP contribution < -0.4 is 15.6 Å². The molecule has 6 nitrogen and oxygen atoms in total. The molecule has 3 rings (SSSR count). The molecule has 3 aromatic rings. The third kappa shape index (κ3) is 4.59. The van der Waals surface area contributed by atoms with E-state index in [1.165, 1.54) is 37.4 Å². The van der Waals surface area contributed by atoms with E-state index in [1.807, 2.05) is 0 Å². The number of carbonyl (C=O) groups is 1. The minimum atomic E-state index is -0.446. The molecule has 138 valence electrons. The highest BCUT2D eigenvalue weighted by Gasteiger charge is 2.12. The standard InChI is InChI=1S/C19H15BrFN3O3/c1-27-17-10-13(21)4-7-15(17)16-8-9-19(26)24(23-16)11-18(25)22-14-5-2-12(20)3-6-14/h2-10H,11H2,1H3,(H,22,25). The Morgan fingerprint density at radius 1 is 1.19 bits per heavy atom. The molecule has 0 saturated carbocycles. The molecule has 1 heterocycles. The van der Waals surface area contributed by atoms with E-state index < -0.39 is 17.3 Å². The average molecular weight is 432 g/mol. The fourth-order valence-corrected chi connectivity index (χ4v) is 2.72. The first-order valence-corrected chi connectivity index (χ1v) is 8.73. The van der Waals surface area contributed by atoms with Gasteiger partial charge in [-0.05, 0) is 42.5 Å². The monoisotopic (exact) mass is 431 g/mol. The first-order valence-electron chi connectivity index (χ1n) is 7.94. The molecular formula is C19H15BrFN3O3. The molecule has 1 aromatic heterocycles. The molecule has 1 amide bonds. The summed E-state index contributed by atoms with van der Waals surface area (Å²) in [5.74, 6) is -0.556. The van der Waals surface area contributed by atoms with Crippen molar-refractivity contribution in [2.45, 2.75) is 6.54 Å². The smallest absolute Gasteiger partial charge is 0.267 e. The van der Waals surface area contributed by atoms with Gasteiger partial charge in [-0.15, -0.1) is 0 Å². The molecule has 0 saturated heterocycles. The molecular weight excluding hydrogens is 417 g/mol. The summed E-state index contributed by atoms with van der Waals surface area (Å²) in [7, 11) is 1.42. The summed E-state index contributed by atoms with van der Waals surface area (Å²) in [6.07, 6.45) is 0.